The molecular weight excluding hydrogens is 424 g/mol. The standard InChI is InChI=1S/C25H24N2O6/c28-20-13-11-19(12-14-20)22(24(30)31)27-23(29)21(15-17-7-3-1-4-8-17)26-25(32)33-16-18-9-5-2-6-10-18/h1-14,21-22,28H,15-16H2,(H,26,32)(H,27,29)(H,30,31)/t21-,22-/m0/s1. The lowest BCUT2D eigenvalue weighted by Gasteiger charge is -2.22. The fraction of sp³-hybridized carbons (Fsp3) is 0.160. The number of aliphatic carboxylic acids is 1. The van der Waals surface area contributed by atoms with Gasteiger partial charge in [-0.05, 0) is 28.8 Å². The molecule has 8 nitrogen and oxygen atoms in total. The molecule has 0 radical (unpaired) electrons. The molecule has 33 heavy (non-hydrogen) atoms. The van der Waals surface area contributed by atoms with Crippen LogP contribution in [0.15, 0.2) is 84.9 Å². The number of hydrogen-bond donors (Lipinski definition) is 4. The summed E-state index contributed by atoms with van der Waals surface area (Å²) < 4.78 is 5.22. The van der Waals surface area contributed by atoms with Gasteiger partial charge in [0.05, 0.1) is 0 Å². The molecule has 0 fully saturated rings. The zero-order valence-electron chi connectivity index (χ0n) is 17.7. The first kappa shape index (κ1) is 23.3. The number of ether oxygens (including phenoxy) is 1. The highest BCUT2D eigenvalue weighted by atomic mass is 16.5. The predicted octanol–water partition coefficient (Wildman–Crippen LogP) is 3.17. The van der Waals surface area contributed by atoms with Gasteiger partial charge in [-0.1, -0.05) is 72.8 Å². The number of carbonyl (C=O) groups is 3. The number of carboxylic acids is 1. The number of alkyl carbamates (subject to hydrolysis) is 1. The summed E-state index contributed by atoms with van der Waals surface area (Å²) in [6, 6.07) is 21.1. The number of phenolic OH excluding ortho intramolecular Hbond substituents is 1. The van der Waals surface area contributed by atoms with Crippen molar-refractivity contribution in [3.05, 3.63) is 102 Å². The van der Waals surface area contributed by atoms with Crippen molar-refractivity contribution in [1.82, 2.24) is 10.6 Å². The van der Waals surface area contributed by atoms with Crippen LogP contribution in [0.1, 0.15) is 22.7 Å². The predicted molar refractivity (Wildman–Crippen MR) is 120 cm³/mol. The second-order valence-electron chi connectivity index (χ2n) is 7.32. The molecule has 0 bridgehead atoms. The molecule has 0 saturated heterocycles. The highest BCUT2D eigenvalue weighted by Crippen LogP contribution is 2.18. The zero-order valence-corrected chi connectivity index (χ0v) is 17.7. The minimum Gasteiger partial charge on any atom is -0.508 e. The molecule has 0 spiro atoms. The van der Waals surface area contributed by atoms with Crippen molar-refractivity contribution in [2.24, 2.45) is 0 Å². The molecule has 3 rings (SSSR count). The summed E-state index contributed by atoms with van der Waals surface area (Å²) in [5, 5.41) is 24.1. The molecule has 0 saturated carbocycles. The van der Waals surface area contributed by atoms with Crippen LogP contribution in [0.2, 0.25) is 0 Å². The van der Waals surface area contributed by atoms with E-state index in [1.165, 1.54) is 24.3 Å². The van der Waals surface area contributed by atoms with Crippen LogP contribution in [0.25, 0.3) is 0 Å². The molecule has 2 atom stereocenters. The fourth-order valence-corrected chi connectivity index (χ4v) is 3.16. The molecule has 0 aromatic heterocycles. The lowest BCUT2D eigenvalue weighted by atomic mass is 10.0. The number of rotatable bonds is 9. The van der Waals surface area contributed by atoms with Crippen molar-refractivity contribution < 1.29 is 29.3 Å². The molecule has 0 aliphatic rings. The normalized spacial score (nSPS) is 12.2. The first-order valence-electron chi connectivity index (χ1n) is 10.3. The van der Waals surface area contributed by atoms with Crippen LogP contribution in [-0.4, -0.2) is 34.2 Å². The summed E-state index contributed by atoms with van der Waals surface area (Å²) in [5.74, 6) is -1.99. The van der Waals surface area contributed by atoms with Gasteiger partial charge in [-0.3, -0.25) is 4.79 Å². The molecule has 0 aliphatic carbocycles. The van der Waals surface area contributed by atoms with Crippen molar-refractivity contribution in [3.63, 3.8) is 0 Å². The van der Waals surface area contributed by atoms with E-state index in [4.69, 9.17) is 4.74 Å². The van der Waals surface area contributed by atoms with E-state index in [-0.39, 0.29) is 24.3 Å². The van der Waals surface area contributed by atoms with E-state index in [0.29, 0.717) is 0 Å². The Hall–Kier alpha value is -4.33. The molecule has 0 heterocycles. The smallest absolute Gasteiger partial charge is 0.408 e. The molecule has 0 aliphatic heterocycles. The number of aromatic hydroxyl groups is 1. The van der Waals surface area contributed by atoms with Crippen LogP contribution in [0.3, 0.4) is 0 Å². The lowest BCUT2D eigenvalue weighted by Crippen LogP contribution is -2.50. The van der Waals surface area contributed by atoms with Gasteiger partial charge < -0.3 is 25.6 Å². The average molecular weight is 448 g/mol. The third-order valence-electron chi connectivity index (χ3n) is 4.86. The van der Waals surface area contributed by atoms with Gasteiger partial charge >= 0.3 is 12.1 Å². The third kappa shape index (κ3) is 7.10. The Morgan fingerprint density at radius 2 is 1.36 bits per heavy atom. The minimum atomic E-state index is -1.36. The monoisotopic (exact) mass is 448 g/mol. The minimum absolute atomic E-state index is 0.0254. The Bertz CT molecular complexity index is 1070. The van der Waals surface area contributed by atoms with Crippen molar-refractivity contribution in [2.45, 2.75) is 25.1 Å². The molecular formula is C25H24N2O6. The van der Waals surface area contributed by atoms with Gasteiger partial charge in [0, 0.05) is 6.42 Å². The second kappa shape index (κ2) is 11.3. The molecule has 2 amide bonds. The molecule has 170 valence electrons. The quantitative estimate of drug-likeness (QED) is 0.399. The van der Waals surface area contributed by atoms with E-state index >= 15 is 0 Å². The van der Waals surface area contributed by atoms with Gasteiger partial charge in [0.15, 0.2) is 6.04 Å². The zero-order chi connectivity index (χ0) is 23.6. The Balaban J connectivity index is 1.72. The summed E-state index contributed by atoms with van der Waals surface area (Å²) in [6.07, 6.45) is -0.666. The molecule has 3 aromatic rings. The van der Waals surface area contributed by atoms with Crippen molar-refractivity contribution in [3.8, 4) is 5.75 Å². The first-order valence-corrected chi connectivity index (χ1v) is 10.3. The number of benzene rings is 3. The van der Waals surface area contributed by atoms with Crippen LogP contribution in [0.4, 0.5) is 4.79 Å². The Kier molecular flexibility index (Phi) is 8.02. The van der Waals surface area contributed by atoms with Crippen molar-refractivity contribution in [1.29, 1.82) is 0 Å². The van der Waals surface area contributed by atoms with E-state index in [2.05, 4.69) is 10.6 Å². The van der Waals surface area contributed by atoms with Gasteiger partial charge in [0.2, 0.25) is 5.91 Å². The van der Waals surface area contributed by atoms with E-state index in [1.54, 1.807) is 36.4 Å². The number of carboxylic acid groups (broad SMARTS) is 1. The van der Waals surface area contributed by atoms with Gasteiger partial charge in [0.1, 0.15) is 18.4 Å². The highest BCUT2D eigenvalue weighted by Gasteiger charge is 2.28. The maximum Gasteiger partial charge on any atom is 0.408 e. The molecule has 4 N–H and O–H groups in total. The number of nitrogens with one attached hydrogen (secondary N) is 2. The van der Waals surface area contributed by atoms with E-state index in [9.17, 15) is 24.6 Å². The van der Waals surface area contributed by atoms with Crippen LogP contribution in [0, 0.1) is 0 Å². The largest absolute Gasteiger partial charge is 0.508 e. The second-order valence-corrected chi connectivity index (χ2v) is 7.32. The van der Waals surface area contributed by atoms with Crippen molar-refractivity contribution >= 4 is 18.0 Å². The number of amides is 2. The van der Waals surface area contributed by atoms with Gasteiger partial charge in [-0.15, -0.1) is 0 Å². The topological polar surface area (TPSA) is 125 Å². The van der Waals surface area contributed by atoms with Crippen LogP contribution >= 0.6 is 0 Å². The van der Waals surface area contributed by atoms with Crippen LogP contribution < -0.4 is 10.6 Å². The summed E-state index contributed by atoms with van der Waals surface area (Å²) >= 11 is 0. The van der Waals surface area contributed by atoms with Gasteiger partial charge in [0.25, 0.3) is 0 Å². The van der Waals surface area contributed by atoms with Gasteiger partial charge in [-0.2, -0.15) is 0 Å². The van der Waals surface area contributed by atoms with E-state index in [1.807, 2.05) is 24.3 Å². The maximum atomic E-state index is 13.0. The van der Waals surface area contributed by atoms with Crippen molar-refractivity contribution in [2.75, 3.05) is 0 Å². The summed E-state index contributed by atoms with van der Waals surface area (Å²) in [7, 11) is 0. The molecule has 8 heteroatoms. The lowest BCUT2D eigenvalue weighted by molar-refractivity contribution is -0.142. The number of carbonyl (C=O) groups excluding carboxylic acids is 2. The van der Waals surface area contributed by atoms with E-state index < -0.39 is 30.1 Å². The average Bonchev–Trinajstić information content (AvgIpc) is 2.82. The first-order chi connectivity index (χ1) is 15.9. The Morgan fingerprint density at radius 3 is 1.94 bits per heavy atom. The summed E-state index contributed by atoms with van der Waals surface area (Å²) in [6.45, 7) is 0.0254. The number of phenols is 1. The maximum absolute atomic E-state index is 13.0. The Morgan fingerprint density at radius 1 is 0.788 bits per heavy atom. The van der Waals surface area contributed by atoms with Gasteiger partial charge in [-0.25, -0.2) is 9.59 Å². The highest BCUT2D eigenvalue weighted by molar-refractivity contribution is 5.90. The van der Waals surface area contributed by atoms with Crippen LogP contribution in [-0.2, 0) is 27.4 Å². The molecule has 0 unspecified atom stereocenters. The molecule has 3 aromatic carbocycles. The summed E-state index contributed by atoms with van der Waals surface area (Å²) in [5.41, 5.74) is 1.84. The third-order valence-corrected chi connectivity index (χ3v) is 4.86. The summed E-state index contributed by atoms with van der Waals surface area (Å²) in [4.78, 5) is 37.2. The number of hydrogen-bond acceptors (Lipinski definition) is 5. The van der Waals surface area contributed by atoms with E-state index in [0.717, 1.165) is 11.1 Å². The SMILES string of the molecule is O=C(N[C@@H](Cc1ccccc1)C(=O)N[C@H](C(=O)O)c1ccc(O)cc1)OCc1ccccc1. The Labute approximate surface area is 190 Å². The van der Waals surface area contributed by atoms with Crippen LogP contribution in [0.5, 0.6) is 5.75 Å². The fourth-order valence-electron chi connectivity index (χ4n) is 3.16.